The molecule has 4 N–H and O–H groups in total. The minimum atomic E-state index is -2.09. The number of hydrogen-bond acceptors (Lipinski definition) is 9. The van der Waals surface area contributed by atoms with Gasteiger partial charge in [-0.25, -0.2) is 4.79 Å². The van der Waals surface area contributed by atoms with E-state index in [1.807, 2.05) is 0 Å². The number of nitrogens with zero attached hydrogens (tertiary/aromatic N) is 3. The van der Waals surface area contributed by atoms with Crippen molar-refractivity contribution in [3.8, 4) is 0 Å². The second-order valence-electron chi connectivity index (χ2n) is 5.87. The van der Waals surface area contributed by atoms with Gasteiger partial charge in [-0.05, 0) is 5.53 Å². The molecule has 0 aromatic carbocycles. The number of rotatable bonds is 9. The van der Waals surface area contributed by atoms with Crippen LogP contribution in [0.3, 0.4) is 0 Å². The summed E-state index contributed by atoms with van der Waals surface area (Å²) < 4.78 is 15.8. The van der Waals surface area contributed by atoms with E-state index in [-0.39, 0.29) is 13.0 Å². The van der Waals surface area contributed by atoms with E-state index < -0.39 is 54.7 Å². The van der Waals surface area contributed by atoms with Crippen molar-refractivity contribution in [2.75, 3.05) is 20.3 Å². The van der Waals surface area contributed by atoms with E-state index in [1.165, 1.54) is 13.0 Å². The smallest absolute Gasteiger partial charge is 0.366 e. The molecule has 0 radical (unpaired) electrons. The number of amides is 1. The first-order chi connectivity index (χ1) is 12.8. The van der Waals surface area contributed by atoms with Gasteiger partial charge in [-0.15, -0.1) is 6.58 Å². The SMILES string of the molecule is C=CCO[C@]1(C(=O)OC)C[C@@H](N=[N+]=[N-])[C@@H](NC(C)=O)C([C@H](O)[C@H](O)CO)O1. The minimum Gasteiger partial charge on any atom is -0.465 e. The molecule has 0 spiro atoms. The molecule has 0 aromatic rings. The Kier molecular flexibility index (Phi) is 8.63. The number of azide groups is 1. The Balaban J connectivity index is 3.43. The fourth-order valence-electron chi connectivity index (χ4n) is 2.80. The molecule has 1 aliphatic rings. The van der Waals surface area contributed by atoms with Crippen LogP contribution in [0.2, 0.25) is 0 Å². The number of aliphatic hydroxyl groups excluding tert-OH is 3. The van der Waals surface area contributed by atoms with Crippen LogP contribution in [0.15, 0.2) is 17.8 Å². The number of carbonyl (C=O) groups excluding carboxylic acids is 2. The van der Waals surface area contributed by atoms with Crippen molar-refractivity contribution in [3.63, 3.8) is 0 Å². The van der Waals surface area contributed by atoms with E-state index in [0.29, 0.717) is 0 Å². The third-order valence-electron chi connectivity index (χ3n) is 3.99. The summed E-state index contributed by atoms with van der Waals surface area (Å²) in [5.74, 6) is -3.59. The maximum Gasteiger partial charge on any atom is 0.366 e. The lowest BCUT2D eigenvalue weighted by atomic mass is 9.87. The van der Waals surface area contributed by atoms with Crippen LogP contribution in [0.25, 0.3) is 10.4 Å². The molecule has 27 heavy (non-hydrogen) atoms. The van der Waals surface area contributed by atoms with Gasteiger partial charge in [0.2, 0.25) is 5.91 Å². The van der Waals surface area contributed by atoms with Gasteiger partial charge in [0.1, 0.15) is 18.3 Å². The zero-order chi connectivity index (χ0) is 20.6. The van der Waals surface area contributed by atoms with Crippen molar-refractivity contribution in [1.29, 1.82) is 0 Å². The van der Waals surface area contributed by atoms with Crippen molar-refractivity contribution in [1.82, 2.24) is 5.32 Å². The first kappa shape index (κ1) is 22.8. The lowest BCUT2D eigenvalue weighted by Gasteiger charge is -2.47. The zero-order valence-corrected chi connectivity index (χ0v) is 15.0. The van der Waals surface area contributed by atoms with Crippen LogP contribution in [0.1, 0.15) is 13.3 Å². The highest BCUT2D eigenvalue weighted by Crippen LogP contribution is 2.35. The Morgan fingerprint density at radius 1 is 1.56 bits per heavy atom. The van der Waals surface area contributed by atoms with Crippen molar-refractivity contribution in [2.24, 2.45) is 5.11 Å². The molecule has 152 valence electrons. The molecule has 1 aliphatic heterocycles. The highest BCUT2D eigenvalue weighted by atomic mass is 16.7. The molecule has 0 bridgehead atoms. The summed E-state index contributed by atoms with van der Waals surface area (Å²) in [5, 5.41) is 35.4. The van der Waals surface area contributed by atoms with Crippen LogP contribution in [-0.4, -0.2) is 83.7 Å². The third-order valence-corrected chi connectivity index (χ3v) is 3.99. The van der Waals surface area contributed by atoms with Crippen molar-refractivity contribution in [3.05, 3.63) is 23.1 Å². The molecule has 1 heterocycles. The monoisotopic (exact) mass is 388 g/mol. The van der Waals surface area contributed by atoms with E-state index in [2.05, 4.69) is 21.9 Å². The molecule has 1 rings (SSSR count). The van der Waals surface area contributed by atoms with Gasteiger partial charge in [0, 0.05) is 18.3 Å². The average molecular weight is 388 g/mol. The molecule has 0 aromatic heterocycles. The van der Waals surface area contributed by atoms with Crippen LogP contribution in [0, 0.1) is 0 Å². The molecule has 1 amide bonds. The number of hydrogen-bond donors (Lipinski definition) is 4. The first-order valence-electron chi connectivity index (χ1n) is 8.05. The van der Waals surface area contributed by atoms with Crippen LogP contribution < -0.4 is 5.32 Å². The largest absolute Gasteiger partial charge is 0.465 e. The maximum absolute atomic E-state index is 12.4. The van der Waals surface area contributed by atoms with E-state index >= 15 is 0 Å². The highest BCUT2D eigenvalue weighted by Gasteiger charge is 2.56. The summed E-state index contributed by atoms with van der Waals surface area (Å²) in [6.45, 7) is 3.70. The number of carbonyl (C=O) groups is 2. The highest BCUT2D eigenvalue weighted by molar-refractivity contribution is 5.78. The fourth-order valence-corrected chi connectivity index (χ4v) is 2.80. The summed E-state index contributed by atoms with van der Waals surface area (Å²) >= 11 is 0. The van der Waals surface area contributed by atoms with Gasteiger partial charge in [-0.2, -0.15) is 0 Å². The van der Waals surface area contributed by atoms with E-state index in [1.54, 1.807) is 0 Å². The lowest BCUT2D eigenvalue weighted by molar-refractivity contribution is -0.298. The second-order valence-corrected chi connectivity index (χ2v) is 5.87. The molecule has 12 heteroatoms. The molecule has 1 saturated heterocycles. The van der Waals surface area contributed by atoms with Crippen molar-refractivity contribution >= 4 is 11.9 Å². The summed E-state index contributed by atoms with van der Waals surface area (Å²) in [5.41, 5.74) is 8.87. The van der Waals surface area contributed by atoms with E-state index in [4.69, 9.17) is 24.8 Å². The molecular weight excluding hydrogens is 364 g/mol. The number of aliphatic hydroxyl groups is 3. The van der Waals surface area contributed by atoms with Crippen LogP contribution >= 0.6 is 0 Å². The van der Waals surface area contributed by atoms with E-state index in [0.717, 1.165) is 7.11 Å². The lowest BCUT2D eigenvalue weighted by Crippen LogP contribution is -2.67. The number of nitrogens with one attached hydrogen (secondary N) is 1. The Morgan fingerprint density at radius 3 is 2.70 bits per heavy atom. The van der Waals surface area contributed by atoms with Gasteiger partial charge in [-0.3, -0.25) is 4.79 Å². The average Bonchev–Trinajstić information content (AvgIpc) is 2.65. The first-order valence-corrected chi connectivity index (χ1v) is 8.05. The standard InChI is InChI=1S/C15H24N4O8/c1-4-5-26-15(14(24)25-3)6-9(18-19-16)11(17-8(2)21)13(27-15)12(23)10(22)7-20/h4,9-13,20,22-23H,1,5-7H2,2-3H3,(H,17,21)/t9-,10-,11-,12-,13?,15-/m1/s1. The van der Waals surface area contributed by atoms with E-state index in [9.17, 15) is 19.8 Å². The minimum absolute atomic E-state index is 0.145. The molecule has 1 fully saturated rings. The van der Waals surface area contributed by atoms with Crippen molar-refractivity contribution in [2.45, 2.75) is 49.5 Å². The summed E-state index contributed by atoms with van der Waals surface area (Å²) in [4.78, 5) is 26.6. The topological polar surface area (TPSA) is 183 Å². The Labute approximate surface area is 155 Å². The Hall–Kier alpha value is -2.21. The zero-order valence-electron chi connectivity index (χ0n) is 15.0. The quantitative estimate of drug-likeness (QED) is 0.124. The normalized spacial score (nSPS) is 29.7. The second kappa shape index (κ2) is 10.2. The molecule has 12 nitrogen and oxygen atoms in total. The molecule has 0 saturated carbocycles. The number of ether oxygens (including phenoxy) is 3. The fraction of sp³-hybridized carbons (Fsp3) is 0.733. The van der Waals surface area contributed by atoms with Gasteiger partial charge >= 0.3 is 5.97 Å². The summed E-state index contributed by atoms with van der Waals surface area (Å²) in [6.07, 6.45) is -3.87. The maximum atomic E-state index is 12.4. The molecule has 0 aliphatic carbocycles. The van der Waals surface area contributed by atoms with Crippen LogP contribution in [-0.2, 0) is 23.8 Å². The van der Waals surface area contributed by atoms with Crippen LogP contribution in [0.5, 0.6) is 0 Å². The van der Waals surface area contributed by atoms with Crippen LogP contribution in [0.4, 0.5) is 0 Å². The van der Waals surface area contributed by atoms with Gasteiger partial charge < -0.3 is 34.8 Å². The predicted octanol–water partition coefficient (Wildman–Crippen LogP) is -1.26. The summed E-state index contributed by atoms with van der Waals surface area (Å²) in [7, 11) is 1.08. The number of esters is 1. The summed E-state index contributed by atoms with van der Waals surface area (Å²) in [6, 6.07) is -2.21. The van der Waals surface area contributed by atoms with Crippen molar-refractivity contribution < 1.29 is 39.1 Å². The van der Waals surface area contributed by atoms with Gasteiger partial charge in [-0.1, -0.05) is 11.2 Å². The van der Waals surface area contributed by atoms with Gasteiger partial charge in [0.15, 0.2) is 0 Å². The Bertz CT molecular complexity index is 596. The van der Waals surface area contributed by atoms with Gasteiger partial charge in [0.05, 0.1) is 32.4 Å². The molecule has 1 unspecified atom stereocenters. The Morgan fingerprint density at radius 2 is 2.22 bits per heavy atom. The number of methoxy groups -OCH3 is 1. The predicted molar refractivity (Wildman–Crippen MR) is 90.0 cm³/mol. The molecule has 6 atom stereocenters. The third kappa shape index (κ3) is 5.39. The molecular formula is C15H24N4O8. The van der Waals surface area contributed by atoms with Gasteiger partial charge in [0.25, 0.3) is 5.79 Å².